The Labute approximate surface area is 107 Å². The van der Waals surface area contributed by atoms with Gasteiger partial charge in [-0.1, -0.05) is 6.92 Å². The number of hydrogen-bond acceptors (Lipinski definition) is 4. The molecule has 94 valence electrons. The first-order chi connectivity index (χ1) is 8.38. The minimum absolute atomic E-state index is 0.774. The van der Waals surface area contributed by atoms with Gasteiger partial charge in [-0.25, -0.2) is 4.98 Å². The zero-order valence-electron chi connectivity index (χ0n) is 10.5. The van der Waals surface area contributed by atoms with Crippen LogP contribution in [-0.2, 0) is 6.54 Å². The third-order valence-corrected chi connectivity index (χ3v) is 4.72. The van der Waals surface area contributed by atoms with E-state index in [9.17, 15) is 0 Å². The number of hydrogen-bond donors (Lipinski definition) is 1. The van der Waals surface area contributed by atoms with Crippen LogP contribution in [0.5, 0.6) is 0 Å². The molecule has 0 atom stereocenters. The normalized spacial score (nSPS) is 20.2. The fourth-order valence-electron chi connectivity index (χ4n) is 2.44. The standard InChI is InChI=1S/C13H21N3S/c1-2-14-9-11-12(10-5-6-10)15-13(17-11)16-7-3-4-8-16/h10,14H,2-9H2,1H3. The average molecular weight is 251 g/mol. The summed E-state index contributed by atoms with van der Waals surface area (Å²) < 4.78 is 0. The van der Waals surface area contributed by atoms with Gasteiger partial charge in [0.25, 0.3) is 0 Å². The predicted molar refractivity (Wildman–Crippen MR) is 72.9 cm³/mol. The summed E-state index contributed by atoms with van der Waals surface area (Å²) in [5.74, 6) is 0.774. The van der Waals surface area contributed by atoms with Gasteiger partial charge in [0.2, 0.25) is 0 Å². The molecule has 1 N–H and O–H groups in total. The maximum absolute atomic E-state index is 4.91. The summed E-state index contributed by atoms with van der Waals surface area (Å²) in [4.78, 5) is 8.86. The summed E-state index contributed by atoms with van der Waals surface area (Å²) in [6.07, 6.45) is 5.37. The van der Waals surface area contributed by atoms with Crippen LogP contribution in [0.1, 0.15) is 49.1 Å². The Morgan fingerprint density at radius 3 is 2.76 bits per heavy atom. The van der Waals surface area contributed by atoms with Gasteiger partial charge in [-0.15, -0.1) is 11.3 Å². The molecule has 2 heterocycles. The number of thiazole rings is 1. The summed E-state index contributed by atoms with van der Waals surface area (Å²) in [6.45, 7) is 6.63. The Morgan fingerprint density at radius 1 is 1.35 bits per heavy atom. The summed E-state index contributed by atoms with van der Waals surface area (Å²) in [5.41, 5.74) is 1.40. The van der Waals surface area contributed by atoms with Crippen LogP contribution < -0.4 is 10.2 Å². The zero-order valence-corrected chi connectivity index (χ0v) is 11.4. The van der Waals surface area contributed by atoms with Gasteiger partial charge in [-0.2, -0.15) is 0 Å². The maximum Gasteiger partial charge on any atom is 0.185 e. The van der Waals surface area contributed by atoms with Gasteiger partial charge in [0.1, 0.15) is 0 Å². The maximum atomic E-state index is 4.91. The van der Waals surface area contributed by atoms with Crippen molar-refractivity contribution >= 4 is 16.5 Å². The molecule has 0 aromatic carbocycles. The number of nitrogens with one attached hydrogen (secondary N) is 1. The Bertz CT molecular complexity index is 378. The molecule has 3 rings (SSSR count). The Balaban J connectivity index is 1.79. The Hall–Kier alpha value is -0.610. The van der Waals surface area contributed by atoms with E-state index in [-0.39, 0.29) is 0 Å². The van der Waals surface area contributed by atoms with Crippen LogP contribution >= 0.6 is 11.3 Å². The van der Waals surface area contributed by atoms with Gasteiger partial charge >= 0.3 is 0 Å². The van der Waals surface area contributed by atoms with Gasteiger partial charge in [-0.3, -0.25) is 0 Å². The van der Waals surface area contributed by atoms with Gasteiger partial charge in [-0.05, 0) is 32.2 Å². The van der Waals surface area contributed by atoms with Gasteiger partial charge < -0.3 is 10.2 Å². The fraction of sp³-hybridized carbons (Fsp3) is 0.769. The van der Waals surface area contributed by atoms with Crippen molar-refractivity contribution in [3.8, 4) is 0 Å². The van der Waals surface area contributed by atoms with Crippen LogP contribution in [0.2, 0.25) is 0 Å². The lowest BCUT2D eigenvalue weighted by molar-refractivity contribution is 0.726. The summed E-state index contributed by atoms with van der Waals surface area (Å²) >= 11 is 1.92. The molecule has 1 aromatic rings. The molecular formula is C13H21N3S. The summed E-state index contributed by atoms with van der Waals surface area (Å²) in [5, 5.41) is 4.72. The van der Waals surface area contributed by atoms with Crippen LogP contribution in [-0.4, -0.2) is 24.6 Å². The summed E-state index contributed by atoms with van der Waals surface area (Å²) in [7, 11) is 0. The highest BCUT2D eigenvalue weighted by atomic mass is 32.1. The van der Waals surface area contributed by atoms with Crippen molar-refractivity contribution in [3.05, 3.63) is 10.6 Å². The lowest BCUT2D eigenvalue weighted by atomic mass is 10.2. The highest BCUT2D eigenvalue weighted by molar-refractivity contribution is 7.15. The third kappa shape index (κ3) is 2.47. The average Bonchev–Trinajstić information content (AvgIpc) is 2.90. The molecule has 1 saturated heterocycles. The third-order valence-electron chi connectivity index (χ3n) is 3.59. The largest absolute Gasteiger partial charge is 0.348 e. The molecule has 1 aliphatic carbocycles. The molecule has 17 heavy (non-hydrogen) atoms. The highest BCUT2D eigenvalue weighted by Crippen LogP contribution is 2.44. The first-order valence-electron chi connectivity index (χ1n) is 6.83. The summed E-state index contributed by atoms with van der Waals surface area (Å²) in [6, 6.07) is 0. The van der Waals surface area contributed by atoms with E-state index in [0.717, 1.165) is 19.0 Å². The molecule has 0 radical (unpaired) electrons. The number of rotatable bonds is 5. The second kappa shape index (κ2) is 4.94. The fourth-order valence-corrected chi connectivity index (χ4v) is 3.60. The van der Waals surface area contributed by atoms with E-state index in [1.807, 2.05) is 11.3 Å². The topological polar surface area (TPSA) is 28.2 Å². The molecule has 0 amide bonds. The molecule has 0 unspecified atom stereocenters. The van der Waals surface area contributed by atoms with Gasteiger partial charge in [0, 0.05) is 30.4 Å². The van der Waals surface area contributed by atoms with E-state index in [0.29, 0.717) is 0 Å². The molecule has 1 aromatic heterocycles. The van der Waals surface area contributed by atoms with Crippen molar-refractivity contribution < 1.29 is 0 Å². The van der Waals surface area contributed by atoms with E-state index in [2.05, 4.69) is 17.1 Å². The van der Waals surface area contributed by atoms with E-state index < -0.39 is 0 Å². The molecule has 2 fully saturated rings. The molecule has 0 spiro atoms. The van der Waals surface area contributed by atoms with Crippen molar-refractivity contribution in [2.24, 2.45) is 0 Å². The van der Waals surface area contributed by atoms with Crippen molar-refractivity contribution in [1.29, 1.82) is 0 Å². The smallest absolute Gasteiger partial charge is 0.185 e. The SMILES string of the molecule is CCNCc1sc(N2CCCC2)nc1C1CC1. The Kier molecular flexibility index (Phi) is 3.34. The monoisotopic (exact) mass is 251 g/mol. The molecule has 2 aliphatic rings. The van der Waals surface area contributed by atoms with Crippen LogP contribution in [0.4, 0.5) is 5.13 Å². The van der Waals surface area contributed by atoms with E-state index >= 15 is 0 Å². The highest BCUT2D eigenvalue weighted by Gasteiger charge is 2.30. The van der Waals surface area contributed by atoms with E-state index in [1.54, 1.807) is 0 Å². The van der Waals surface area contributed by atoms with E-state index in [1.165, 1.54) is 54.5 Å². The van der Waals surface area contributed by atoms with Crippen molar-refractivity contribution in [2.75, 3.05) is 24.5 Å². The lowest BCUT2D eigenvalue weighted by Crippen LogP contribution is -2.17. The minimum Gasteiger partial charge on any atom is -0.348 e. The second-order valence-corrected chi connectivity index (χ2v) is 6.12. The second-order valence-electron chi connectivity index (χ2n) is 5.05. The molecule has 1 saturated carbocycles. The predicted octanol–water partition coefficient (Wildman–Crippen LogP) is 2.73. The zero-order chi connectivity index (χ0) is 11.7. The van der Waals surface area contributed by atoms with Gasteiger partial charge in [0.05, 0.1) is 5.69 Å². The number of nitrogens with zero attached hydrogens (tertiary/aromatic N) is 2. The van der Waals surface area contributed by atoms with Crippen molar-refractivity contribution in [3.63, 3.8) is 0 Å². The molecular weight excluding hydrogens is 230 g/mol. The van der Waals surface area contributed by atoms with Crippen LogP contribution in [0.3, 0.4) is 0 Å². The minimum atomic E-state index is 0.774. The van der Waals surface area contributed by atoms with Crippen LogP contribution in [0.25, 0.3) is 0 Å². The van der Waals surface area contributed by atoms with E-state index in [4.69, 9.17) is 4.98 Å². The molecule has 4 heteroatoms. The molecule has 3 nitrogen and oxygen atoms in total. The van der Waals surface area contributed by atoms with Crippen LogP contribution in [0.15, 0.2) is 0 Å². The number of anilines is 1. The molecule has 1 aliphatic heterocycles. The van der Waals surface area contributed by atoms with Crippen LogP contribution in [0, 0.1) is 0 Å². The molecule has 0 bridgehead atoms. The first-order valence-corrected chi connectivity index (χ1v) is 7.65. The Morgan fingerprint density at radius 2 is 2.12 bits per heavy atom. The number of aromatic nitrogens is 1. The first kappa shape index (κ1) is 11.5. The lowest BCUT2D eigenvalue weighted by Gasteiger charge is -2.12. The van der Waals surface area contributed by atoms with Crippen molar-refractivity contribution in [2.45, 2.75) is 45.1 Å². The quantitative estimate of drug-likeness (QED) is 0.872. The van der Waals surface area contributed by atoms with Gasteiger partial charge in [0.15, 0.2) is 5.13 Å². The van der Waals surface area contributed by atoms with Crippen molar-refractivity contribution in [1.82, 2.24) is 10.3 Å².